The number of nitrogens with one attached hydrogen (secondary N) is 1. The maximum Gasteiger partial charge on any atom is 0.321 e. The number of carboxylic acid groups (broad SMARTS) is 1. The lowest BCUT2D eigenvalue weighted by Gasteiger charge is -2.09. The Morgan fingerprint density at radius 2 is 1.83 bits per heavy atom. The van der Waals surface area contributed by atoms with E-state index >= 15 is 0 Å². The molecule has 23 heavy (non-hydrogen) atoms. The van der Waals surface area contributed by atoms with Crippen LogP contribution in [0.2, 0.25) is 5.02 Å². The second-order valence-corrected chi connectivity index (χ2v) is 5.98. The third kappa shape index (κ3) is 3.21. The molecule has 0 fully saturated rings. The van der Waals surface area contributed by atoms with E-state index in [-0.39, 0.29) is 6.42 Å². The zero-order valence-electron chi connectivity index (χ0n) is 12.2. The summed E-state index contributed by atoms with van der Waals surface area (Å²) in [5, 5.41) is 12.1. The Kier molecular flexibility index (Phi) is 4.07. The quantitative estimate of drug-likeness (QED) is 0.685. The topological polar surface area (TPSA) is 92.4 Å². The molecule has 4 N–H and O–H groups in total. The highest BCUT2D eigenvalue weighted by molar-refractivity contribution is 6.30. The first kappa shape index (κ1) is 15.5. The molecule has 0 spiro atoms. The standard InChI is InChI=1S/C17H15ClN2O3/c18-11-1-3-13-9(6-11)5-10-7-12(2-4-14(10)13)20-16(21)8-15(19)17(22)23/h1-4,6-7,15H,5,8,19H2,(H,20,21)(H,22,23)/t15-/m0/s1. The average molecular weight is 331 g/mol. The second-order valence-electron chi connectivity index (χ2n) is 5.55. The first-order valence-electron chi connectivity index (χ1n) is 7.14. The van der Waals surface area contributed by atoms with E-state index < -0.39 is 17.9 Å². The number of aliphatic carboxylic acids is 1. The van der Waals surface area contributed by atoms with Gasteiger partial charge in [0.2, 0.25) is 5.91 Å². The van der Waals surface area contributed by atoms with Crippen LogP contribution in [0.3, 0.4) is 0 Å². The van der Waals surface area contributed by atoms with E-state index in [4.69, 9.17) is 22.4 Å². The molecule has 0 saturated heterocycles. The molecule has 1 aliphatic rings. The van der Waals surface area contributed by atoms with Crippen molar-refractivity contribution >= 4 is 29.2 Å². The molecule has 1 atom stereocenters. The van der Waals surface area contributed by atoms with Crippen LogP contribution in [0, 0.1) is 0 Å². The van der Waals surface area contributed by atoms with Gasteiger partial charge in [-0.2, -0.15) is 0 Å². The number of rotatable bonds is 4. The van der Waals surface area contributed by atoms with E-state index in [1.54, 1.807) is 6.07 Å². The summed E-state index contributed by atoms with van der Waals surface area (Å²) in [5.74, 6) is -1.61. The maximum atomic E-state index is 11.8. The molecule has 0 heterocycles. The fourth-order valence-electron chi connectivity index (χ4n) is 2.76. The van der Waals surface area contributed by atoms with Crippen LogP contribution in [0.4, 0.5) is 5.69 Å². The number of anilines is 1. The Morgan fingerprint density at radius 1 is 1.17 bits per heavy atom. The third-order valence-corrected chi connectivity index (χ3v) is 4.08. The summed E-state index contributed by atoms with van der Waals surface area (Å²) in [7, 11) is 0. The summed E-state index contributed by atoms with van der Waals surface area (Å²) < 4.78 is 0. The Labute approximate surface area is 138 Å². The van der Waals surface area contributed by atoms with E-state index in [1.807, 2.05) is 30.3 Å². The summed E-state index contributed by atoms with van der Waals surface area (Å²) >= 11 is 6.02. The molecule has 0 bridgehead atoms. The van der Waals surface area contributed by atoms with Gasteiger partial charge in [0.1, 0.15) is 6.04 Å². The second kappa shape index (κ2) is 6.02. The molecular formula is C17H15ClN2O3. The van der Waals surface area contributed by atoms with Crippen LogP contribution < -0.4 is 11.1 Å². The van der Waals surface area contributed by atoms with Crippen LogP contribution in [-0.4, -0.2) is 23.0 Å². The van der Waals surface area contributed by atoms with Crippen molar-refractivity contribution < 1.29 is 14.7 Å². The maximum absolute atomic E-state index is 11.8. The molecule has 118 valence electrons. The zero-order valence-corrected chi connectivity index (χ0v) is 12.9. The number of amides is 1. The molecule has 0 unspecified atom stereocenters. The number of carboxylic acids is 1. The number of carbonyl (C=O) groups is 2. The van der Waals surface area contributed by atoms with Crippen LogP contribution >= 0.6 is 11.6 Å². The number of fused-ring (bicyclic) bond motifs is 3. The van der Waals surface area contributed by atoms with Crippen LogP contribution in [0.1, 0.15) is 17.5 Å². The van der Waals surface area contributed by atoms with Crippen LogP contribution in [0.25, 0.3) is 11.1 Å². The van der Waals surface area contributed by atoms with Crippen molar-refractivity contribution in [3.63, 3.8) is 0 Å². The number of carbonyl (C=O) groups excluding carboxylic acids is 1. The number of hydrogen-bond acceptors (Lipinski definition) is 3. The molecule has 1 amide bonds. The lowest BCUT2D eigenvalue weighted by atomic mass is 10.1. The van der Waals surface area contributed by atoms with Gasteiger partial charge < -0.3 is 16.2 Å². The Bertz CT molecular complexity index is 804. The Morgan fingerprint density at radius 3 is 2.52 bits per heavy atom. The number of nitrogens with two attached hydrogens (primary N) is 1. The van der Waals surface area contributed by atoms with Crippen molar-refractivity contribution in [1.29, 1.82) is 0 Å². The lowest BCUT2D eigenvalue weighted by molar-refractivity contribution is -0.140. The number of hydrogen-bond donors (Lipinski definition) is 3. The van der Waals surface area contributed by atoms with Gasteiger partial charge in [-0.05, 0) is 52.9 Å². The first-order chi connectivity index (χ1) is 10.9. The summed E-state index contributed by atoms with van der Waals surface area (Å²) in [4.78, 5) is 22.5. The normalized spacial score (nSPS) is 13.1. The van der Waals surface area contributed by atoms with Gasteiger partial charge in [0, 0.05) is 10.7 Å². The SMILES string of the molecule is N[C@@H](CC(=O)Nc1ccc2c(c1)Cc1cc(Cl)ccc1-2)C(=O)O. The fraction of sp³-hybridized carbons (Fsp3) is 0.176. The van der Waals surface area contributed by atoms with Gasteiger partial charge in [-0.1, -0.05) is 23.7 Å². The van der Waals surface area contributed by atoms with Crippen molar-refractivity contribution in [2.75, 3.05) is 5.32 Å². The van der Waals surface area contributed by atoms with Gasteiger partial charge in [-0.15, -0.1) is 0 Å². The van der Waals surface area contributed by atoms with E-state index in [9.17, 15) is 9.59 Å². The van der Waals surface area contributed by atoms with Crippen molar-refractivity contribution in [3.8, 4) is 11.1 Å². The molecular weight excluding hydrogens is 316 g/mol. The molecule has 5 nitrogen and oxygen atoms in total. The monoisotopic (exact) mass is 330 g/mol. The van der Waals surface area contributed by atoms with Crippen molar-refractivity contribution in [2.24, 2.45) is 5.73 Å². The van der Waals surface area contributed by atoms with E-state index in [0.29, 0.717) is 10.7 Å². The third-order valence-electron chi connectivity index (χ3n) is 3.85. The van der Waals surface area contributed by atoms with Gasteiger partial charge in [-0.3, -0.25) is 9.59 Å². The molecule has 0 radical (unpaired) electrons. The number of benzene rings is 2. The van der Waals surface area contributed by atoms with Gasteiger partial charge in [0.15, 0.2) is 0 Å². The average Bonchev–Trinajstić information content (AvgIpc) is 2.83. The molecule has 3 rings (SSSR count). The fourth-order valence-corrected chi connectivity index (χ4v) is 2.95. The highest BCUT2D eigenvalue weighted by Gasteiger charge is 2.20. The van der Waals surface area contributed by atoms with Crippen molar-refractivity contribution in [1.82, 2.24) is 0 Å². The molecule has 1 aliphatic carbocycles. The molecule has 2 aromatic carbocycles. The molecule has 0 aromatic heterocycles. The smallest absolute Gasteiger partial charge is 0.321 e. The van der Waals surface area contributed by atoms with Gasteiger partial charge in [-0.25, -0.2) is 0 Å². The van der Waals surface area contributed by atoms with Gasteiger partial charge >= 0.3 is 5.97 Å². The zero-order chi connectivity index (χ0) is 16.6. The summed E-state index contributed by atoms with van der Waals surface area (Å²) in [5.41, 5.74) is 10.5. The lowest BCUT2D eigenvalue weighted by Crippen LogP contribution is -2.34. The molecule has 0 saturated carbocycles. The van der Waals surface area contributed by atoms with Crippen molar-refractivity contribution in [2.45, 2.75) is 18.9 Å². The van der Waals surface area contributed by atoms with Crippen LogP contribution in [-0.2, 0) is 16.0 Å². The predicted molar refractivity (Wildman–Crippen MR) is 88.6 cm³/mol. The highest BCUT2D eigenvalue weighted by Crippen LogP contribution is 2.38. The Balaban J connectivity index is 1.76. The van der Waals surface area contributed by atoms with E-state index in [2.05, 4.69) is 5.32 Å². The van der Waals surface area contributed by atoms with Crippen molar-refractivity contribution in [3.05, 3.63) is 52.5 Å². The molecule has 2 aromatic rings. The predicted octanol–water partition coefficient (Wildman–Crippen LogP) is 2.65. The largest absolute Gasteiger partial charge is 0.480 e. The van der Waals surface area contributed by atoms with E-state index in [0.717, 1.165) is 28.7 Å². The summed E-state index contributed by atoms with van der Waals surface area (Å²) in [6.45, 7) is 0. The van der Waals surface area contributed by atoms with Gasteiger partial charge in [0.25, 0.3) is 0 Å². The minimum atomic E-state index is -1.20. The summed E-state index contributed by atoms with van der Waals surface area (Å²) in [6.07, 6.45) is 0.492. The van der Waals surface area contributed by atoms with Crippen LogP contribution in [0.15, 0.2) is 36.4 Å². The van der Waals surface area contributed by atoms with Crippen LogP contribution in [0.5, 0.6) is 0 Å². The van der Waals surface area contributed by atoms with Gasteiger partial charge in [0.05, 0.1) is 6.42 Å². The summed E-state index contributed by atoms with van der Waals surface area (Å²) in [6, 6.07) is 10.2. The van der Waals surface area contributed by atoms with E-state index in [1.165, 1.54) is 0 Å². The molecule has 6 heteroatoms. The Hall–Kier alpha value is -2.37. The minimum Gasteiger partial charge on any atom is -0.480 e. The highest BCUT2D eigenvalue weighted by atomic mass is 35.5. The number of halogens is 1. The molecule has 0 aliphatic heterocycles. The first-order valence-corrected chi connectivity index (χ1v) is 7.52. The minimum absolute atomic E-state index is 0.262.